The number of carbonyl (C=O) groups excluding carboxylic acids is 3. The Labute approximate surface area is 132 Å². The highest BCUT2D eigenvalue weighted by molar-refractivity contribution is 8.00. The maximum atomic E-state index is 11.7. The van der Waals surface area contributed by atoms with Crippen molar-refractivity contribution < 1.29 is 14.4 Å². The molecule has 0 spiro atoms. The van der Waals surface area contributed by atoms with Crippen LogP contribution in [0.25, 0.3) is 0 Å². The molecule has 0 radical (unpaired) electrons. The van der Waals surface area contributed by atoms with Crippen molar-refractivity contribution in [1.82, 2.24) is 10.6 Å². The lowest BCUT2D eigenvalue weighted by atomic mass is 10.3. The molecule has 1 aliphatic carbocycles. The maximum Gasteiger partial charge on any atom is 0.321 e. The SMILES string of the molecule is NC(=O)CSc1ccccc1NCC(=O)NC(=O)NC1CC1. The third-order valence-electron chi connectivity index (χ3n) is 2.86. The van der Waals surface area contributed by atoms with E-state index < -0.39 is 17.8 Å². The zero-order valence-corrected chi connectivity index (χ0v) is 12.7. The number of urea groups is 1. The van der Waals surface area contributed by atoms with Crippen LogP contribution in [0.3, 0.4) is 0 Å². The maximum absolute atomic E-state index is 11.7. The number of thioether (sulfide) groups is 1. The van der Waals surface area contributed by atoms with Crippen molar-refractivity contribution in [3.63, 3.8) is 0 Å². The third-order valence-corrected chi connectivity index (χ3v) is 3.96. The van der Waals surface area contributed by atoms with E-state index in [1.807, 2.05) is 18.2 Å². The van der Waals surface area contributed by atoms with Gasteiger partial charge in [0.25, 0.3) is 0 Å². The van der Waals surface area contributed by atoms with Gasteiger partial charge in [-0.15, -0.1) is 11.8 Å². The van der Waals surface area contributed by atoms with Gasteiger partial charge >= 0.3 is 6.03 Å². The molecule has 1 aromatic rings. The van der Waals surface area contributed by atoms with Gasteiger partial charge in [-0.1, -0.05) is 12.1 Å². The normalized spacial score (nSPS) is 13.3. The molecule has 0 heterocycles. The largest absolute Gasteiger partial charge is 0.375 e. The summed E-state index contributed by atoms with van der Waals surface area (Å²) in [5, 5.41) is 7.88. The van der Waals surface area contributed by atoms with E-state index in [9.17, 15) is 14.4 Å². The fourth-order valence-electron chi connectivity index (χ4n) is 1.68. The molecule has 7 nitrogen and oxygen atoms in total. The molecular weight excluding hydrogens is 304 g/mol. The number of nitrogens with one attached hydrogen (secondary N) is 3. The number of hydrogen-bond donors (Lipinski definition) is 4. The summed E-state index contributed by atoms with van der Waals surface area (Å²) in [4.78, 5) is 34.8. The van der Waals surface area contributed by atoms with Gasteiger partial charge in [-0.05, 0) is 25.0 Å². The van der Waals surface area contributed by atoms with Crippen molar-refractivity contribution in [1.29, 1.82) is 0 Å². The molecule has 1 fully saturated rings. The summed E-state index contributed by atoms with van der Waals surface area (Å²) in [6.07, 6.45) is 1.93. The van der Waals surface area contributed by atoms with Crippen LogP contribution in [-0.4, -0.2) is 36.2 Å². The van der Waals surface area contributed by atoms with Gasteiger partial charge in [-0.3, -0.25) is 14.9 Å². The Bertz CT molecular complexity index is 575. The van der Waals surface area contributed by atoms with Crippen molar-refractivity contribution in [3.05, 3.63) is 24.3 Å². The van der Waals surface area contributed by atoms with E-state index in [0.29, 0.717) is 5.69 Å². The van der Waals surface area contributed by atoms with Gasteiger partial charge in [0.2, 0.25) is 11.8 Å². The van der Waals surface area contributed by atoms with Crippen LogP contribution in [-0.2, 0) is 9.59 Å². The van der Waals surface area contributed by atoms with Gasteiger partial charge in [-0.25, -0.2) is 4.79 Å². The summed E-state index contributed by atoms with van der Waals surface area (Å²) in [7, 11) is 0. The smallest absolute Gasteiger partial charge is 0.321 e. The Balaban J connectivity index is 1.80. The Hall–Kier alpha value is -2.22. The number of anilines is 1. The molecule has 5 N–H and O–H groups in total. The molecule has 0 aromatic heterocycles. The fourth-order valence-corrected chi connectivity index (χ4v) is 2.45. The lowest BCUT2D eigenvalue weighted by Crippen LogP contribution is -2.42. The summed E-state index contributed by atoms with van der Waals surface area (Å²) >= 11 is 1.29. The standard InChI is InChI=1S/C14H18N4O3S/c15-12(19)8-22-11-4-2-1-3-10(11)16-7-13(20)18-14(21)17-9-5-6-9/h1-4,9,16H,5-8H2,(H2,15,19)(H2,17,18,20,21). The number of amides is 4. The Morgan fingerprint density at radius 3 is 2.64 bits per heavy atom. The molecule has 4 amide bonds. The molecule has 118 valence electrons. The van der Waals surface area contributed by atoms with Crippen molar-refractivity contribution in [2.24, 2.45) is 5.73 Å². The summed E-state index contributed by atoms with van der Waals surface area (Å²) in [5.41, 5.74) is 5.84. The number of primary amides is 1. The van der Waals surface area contributed by atoms with Crippen molar-refractivity contribution >= 4 is 35.3 Å². The molecule has 0 atom stereocenters. The lowest BCUT2D eigenvalue weighted by molar-refractivity contribution is -0.118. The number of carbonyl (C=O) groups is 3. The minimum atomic E-state index is -0.467. The molecule has 1 saturated carbocycles. The number of rotatable bonds is 7. The molecule has 0 unspecified atom stereocenters. The van der Waals surface area contributed by atoms with Crippen LogP contribution in [0, 0.1) is 0 Å². The molecule has 0 bridgehead atoms. The molecule has 8 heteroatoms. The predicted octanol–water partition coefficient (Wildman–Crippen LogP) is 0.664. The second-order valence-corrected chi connectivity index (χ2v) is 5.92. The predicted molar refractivity (Wildman–Crippen MR) is 84.5 cm³/mol. The number of hydrogen-bond acceptors (Lipinski definition) is 5. The second-order valence-electron chi connectivity index (χ2n) is 4.90. The summed E-state index contributed by atoms with van der Waals surface area (Å²) in [6, 6.07) is 7.00. The van der Waals surface area contributed by atoms with Crippen molar-refractivity contribution in [3.8, 4) is 0 Å². The van der Waals surface area contributed by atoms with Crippen LogP contribution in [0.2, 0.25) is 0 Å². The number of para-hydroxylation sites is 1. The second kappa shape index (κ2) is 7.69. The van der Waals surface area contributed by atoms with Gasteiger partial charge in [0.05, 0.1) is 12.3 Å². The lowest BCUT2D eigenvalue weighted by Gasteiger charge is -2.11. The fraction of sp³-hybridized carbons (Fsp3) is 0.357. The van der Waals surface area contributed by atoms with Crippen molar-refractivity contribution in [2.45, 2.75) is 23.8 Å². The molecular formula is C14H18N4O3S. The first-order chi connectivity index (χ1) is 10.5. The number of imide groups is 1. The van der Waals surface area contributed by atoms with E-state index in [1.54, 1.807) is 6.07 Å². The zero-order valence-electron chi connectivity index (χ0n) is 11.9. The highest BCUT2D eigenvalue weighted by Crippen LogP contribution is 2.26. The van der Waals surface area contributed by atoms with Gasteiger partial charge < -0.3 is 16.4 Å². The van der Waals surface area contributed by atoms with Gasteiger partial charge in [0, 0.05) is 16.6 Å². The number of benzene rings is 1. The van der Waals surface area contributed by atoms with Crippen LogP contribution < -0.4 is 21.7 Å². The third kappa shape index (κ3) is 5.65. The highest BCUT2D eigenvalue weighted by atomic mass is 32.2. The van der Waals surface area contributed by atoms with E-state index in [2.05, 4.69) is 16.0 Å². The highest BCUT2D eigenvalue weighted by Gasteiger charge is 2.23. The molecule has 1 aliphatic rings. The van der Waals surface area contributed by atoms with E-state index in [1.165, 1.54) is 11.8 Å². The topological polar surface area (TPSA) is 113 Å². The Morgan fingerprint density at radius 2 is 1.95 bits per heavy atom. The molecule has 0 aliphatic heterocycles. The van der Waals surface area contributed by atoms with E-state index in [-0.39, 0.29) is 18.3 Å². The van der Waals surface area contributed by atoms with Gasteiger partial charge in [0.1, 0.15) is 0 Å². The average molecular weight is 322 g/mol. The quantitative estimate of drug-likeness (QED) is 0.551. The minimum Gasteiger partial charge on any atom is -0.375 e. The van der Waals surface area contributed by atoms with Gasteiger partial charge in [-0.2, -0.15) is 0 Å². The first-order valence-electron chi connectivity index (χ1n) is 6.89. The first-order valence-corrected chi connectivity index (χ1v) is 7.87. The Morgan fingerprint density at radius 1 is 1.23 bits per heavy atom. The van der Waals surface area contributed by atoms with E-state index in [0.717, 1.165) is 17.7 Å². The molecule has 0 saturated heterocycles. The summed E-state index contributed by atoms with van der Waals surface area (Å²) < 4.78 is 0. The van der Waals surface area contributed by atoms with Crippen LogP contribution in [0.4, 0.5) is 10.5 Å². The van der Waals surface area contributed by atoms with Gasteiger partial charge in [0.15, 0.2) is 0 Å². The van der Waals surface area contributed by atoms with Crippen molar-refractivity contribution in [2.75, 3.05) is 17.6 Å². The minimum absolute atomic E-state index is 0.0355. The van der Waals surface area contributed by atoms with Crippen LogP contribution in [0.15, 0.2) is 29.2 Å². The Kier molecular flexibility index (Phi) is 5.65. The molecule has 2 rings (SSSR count). The summed E-state index contributed by atoms with van der Waals surface area (Å²) in [5.74, 6) is -0.670. The van der Waals surface area contributed by atoms with Crippen LogP contribution in [0.5, 0.6) is 0 Å². The van der Waals surface area contributed by atoms with Crippen LogP contribution >= 0.6 is 11.8 Å². The average Bonchev–Trinajstić information content (AvgIpc) is 3.27. The number of nitrogens with two attached hydrogens (primary N) is 1. The molecule has 1 aromatic carbocycles. The zero-order chi connectivity index (χ0) is 15.9. The van der Waals surface area contributed by atoms with E-state index in [4.69, 9.17) is 5.73 Å². The van der Waals surface area contributed by atoms with E-state index >= 15 is 0 Å². The summed E-state index contributed by atoms with van der Waals surface area (Å²) in [6.45, 7) is -0.0355. The monoisotopic (exact) mass is 322 g/mol. The van der Waals surface area contributed by atoms with Crippen LogP contribution in [0.1, 0.15) is 12.8 Å². The molecule has 22 heavy (non-hydrogen) atoms. The first kappa shape index (κ1) is 16.2.